The number of nitro benzene ring substituents is 1. The summed E-state index contributed by atoms with van der Waals surface area (Å²) < 4.78 is 1.44. The maximum atomic E-state index is 12.5. The Labute approximate surface area is 128 Å². The van der Waals surface area contributed by atoms with Crippen molar-refractivity contribution < 1.29 is 4.92 Å². The maximum absolute atomic E-state index is 12.5. The fourth-order valence-electron chi connectivity index (χ4n) is 2.62. The van der Waals surface area contributed by atoms with Crippen molar-refractivity contribution in [3.63, 3.8) is 0 Å². The molecule has 0 bridgehead atoms. The molecule has 0 aliphatic heterocycles. The van der Waals surface area contributed by atoms with Gasteiger partial charge in [-0.2, -0.15) is 0 Å². The highest BCUT2D eigenvalue weighted by atomic mass is 16.6. The Morgan fingerprint density at radius 1 is 1.09 bits per heavy atom. The van der Waals surface area contributed by atoms with E-state index in [9.17, 15) is 14.9 Å². The summed E-state index contributed by atoms with van der Waals surface area (Å²) in [5.41, 5.74) is 1.55. The summed E-state index contributed by atoms with van der Waals surface area (Å²) in [5.74, 6) is 0. The van der Waals surface area contributed by atoms with Gasteiger partial charge in [-0.05, 0) is 18.2 Å². The number of aromatic amines is 1. The zero-order chi connectivity index (χ0) is 16.0. The summed E-state index contributed by atoms with van der Waals surface area (Å²) in [6, 6.07) is 13.6. The highest BCUT2D eigenvalue weighted by Crippen LogP contribution is 2.24. The third kappa shape index (κ3) is 1.98. The molecule has 4 aromatic rings. The predicted molar refractivity (Wildman–Crippen MR) is 85.9 cm³/mol. The summed E-state index contributed by atoms with van der Waals surface area (Å²) in [6.07, 6.45) is 1.44. The fraction of sp³-hybridized carbons (Fsp3) is 0. The molecule has 0 saturated heterocycles. The van der Waals surface area contributed by atoms with Crippen molar-refractivity contribution in [2.75, 3.05) is 0 Å². The monoisotopic (exact) mass is 306 g/mol. The van der Waals surface area contributed by atoms with E-state index in [4.69, 9.17) is 0 Å². The first-order chi connectivity index (χ1) is 11.1. The van der Waals surface area contributed by atoms with E-state index in [0.717, 1.165) is 0 Å². The summed E-state index contributed by atoms with van der Waals surface area (Å²) in [6.45, 7) is 0. The van der Waals surface area contributed by atoms with Crippen molar-refractivity contribution >= 4 is 27.5 Å². The number of hydrogen-bond donors (Lipinski definition) is 1. The average molecular weight is 306 g/mol. The first-order valence-electron chi connectivity index (χ1n) is 6.88. The first kappa shape index (κ1) is 13.2. The van der Waals surface area contributed by atoms with Crippen LogP contribution in [0.25, 0.3) is 27.5 Å². The molecule has 0 aliphatic carbocycles. The van der Waals surface area contributed by atoms with Crippen molar-refractivity contribution in [3.05, 3.63) is 75.2 Å². The molecular formula is C16H10N4O3. The SMILES string of the molecule is O=c1c2cnc3cc([N+](=O)[O-])ccc3c2[nH]n1-c1ccccc1. The number of nitro groups is 1. The second kappa shape index (κ2) is 4.77. The second-order valence-corrected chi connectivity index (χ2v) is 5.09. The number of benzene rings is 2. The van der Waals surface area contributed by atoms with Crippen LogP contribution >= 0.6 is 0 Å². The number of fused-ring (bicyclic) bond motifs is 3. The minimum Gasteiger partial charge on any atom is -0.290 e. The molecule has 7 heteroatoms. The van der Waals surface area contributed by atoms with Gasteiger partial charge in [0.05, 0.1) is 27.0 Å². The Balaban J connectivity index is 2.04. The third-order valence-corrected chi connectivity index (χ3v) is 3.74. The molecule has 0 unspecified atom stereocenters. The number of H-pyrrole nitrogens is 1. The summed E-state index contributed by atoms with van der Waals surface area (Å²) in [5, 5.41) is 15.0. The molecule has 2 heterocycles. The average Bonchev–Trinajstić information content (AvgIpc) is 2.92. The predicted octanol–water partition coefficient (Wildman–Crippen LogP) is 2.78. The van der Waals surface area contributed by atoms with Gasteiger partial charge in [0.2, 0.25) is 0 Å². The molecule has 2 aromatic heterocycles. The number of para-hydroxylation sites is 1. The van der Waals surface area contributed by atoms with E-state index in [1.165, 1.54) is 23.0 Å². The zero-order valence-electron chi connectivity index (χ0n) is 11.8. The van der Waals surface area contributed by atoms with Gasteiger partial charge in [0.1, 0.15) is 0 Å². The Hall–Kier alpha value is -3.48. The lowest BCUT2D eigenvalue weighted by Crippen LogP contribution is -2.13. The van der Waals surface area contributed by atoms with Crippen LogP contribution in [0.1, 0.15) is 0 Å². The van der Waals surface area contributed by atoms with E-state index in [2.05, 4.69) is 10.1 Å². The molecular weight excluding hydrogens is 296 g/mol. The minimum absolute atomic E-state index is 0.0332. The van der Waals surface area contributed by atoms with Gasteiger partial charge in [0.25, 0.3) is 11.2 Å². The molecule has 2 aromatic carbocycles. The number of hydrogen-bond acceptors (Lipinski definition) is 4. The molecule has 0 spiro atoms. The van der Waals surface area contributed by atoms with Crippen LogP contribution in [0.3, 0.4) is 0 Å². The summed E-state index contributed by atoms with van der Waals surface area (Å²) in [7, 11) is 0. The van der Waals surface area contributed by atoms with Crippen molar-refractivity contribution in [2.24, 2.45) is 0 Å². The van der Waals surface area contributed by atoms with Gasteiger partial charge >= 0.3 is 0 Å². The molecule has 0 radical (unpaired) electrons. The standard InChI is InChI=1S/C16H10N4O3/c21-16-13-9-17-14-8-11(20(22)23)6-7-12(14)15(13)18-19(16)10-4-2-1-3-5-10/h1-9,18H. The Morgan fingerprint density at radius 2 is 1.87 bits per heavy atom. The van der Waals surface area contributed by atoms with Crippen LogP contribution in [0.15, 0.2) is 59.5 Å². The Kier molecular flexibility index (Phi) is 2.74. The quantitative estimate of drug-likeness (QED) is 0.455. The number of nitrogens with zero attached hydrogens (tertiary/aromatic N) is 3. The Morgan fingerprint density at radius 3 is 2.61 bits per heavy atom. The smallest absolute Gasteiger partial charge is 0.280 e. The van der Waals surface area contributed by atoms with Crippen LogP contribution in [0, 0.1) is 10.1 Å². The number of aromatic nitrogens is 3. The summed E-state index contributed by atoms with van der Waals surface area (Å²) >= 11 is 0. The van der Waals surface area contributed by atoms with Crippen LogP contribution in [0.2, 0.25) is 0 Å². The van der Waals surface area contributed by atoms with Crippen molar-refractivity contribution in [1.82, 2.24) is 14.8 Å². The topological polar surface area (TPSA) is 93.8 Å². The minimum atomic E-state index is -0.469. The molecule has 0 saturated carbocycles. The van der Waals surface area contributed by atoms with Crippen LogP contribution < -0.4 is 5.56 Å². The van der Waals surface area contributed by atoms with Gasteiger partial charge in [0, 0.05) is 23.7 Å². The van der Waals surface area contributed by atoms with E-state index in [0.29, 0.717) is 27.5 Å². The van der Waals surface area contributed by atoms with Gasteiger partial charge in [-0.25, -0.2) is 4.68 Å². The lowest BCUT2D eigenvalue weighted by atomic mass is 10.1. The van der Waals surface area contributed by atoms with E-state index < -0.39 is 4.92 Å². The number of pyridine rings is 1. The van der Waals surface area contributed by atoms with E-state index in [-0.39, 0.29) is 11.2 Å². The van der Waals surface area contributed by atoms with E-state index >= 15 is 0 Å². The fourth-order valence-corrected chi connectivity index (χ4v) is 2.62. The zero-order valence-corrected chi connectivity index (χ0v) is 11.8. The molecule has 23 heavy (non-hydrogen) atoms. The van der Waals surface area contributed by atoms with Crippen molar-refractivity contribution in [1.29, 1.82) is 0 Å². The largest absolute Gasteiger partial charge is 0.290 e. The van der Waals surface area contributed by atoms with Crippen molar-refractivity contribution in [3.8, 4) is 5.69 Å². The molecule has 4 rings (SSSR count). The highest BCUT2D eigenvalue weighted by Gasteiger charge is 2.14. The van der Waals surface area contributed by atoms with E-state index in [1.807, 2.05) is 30.3 Å². The van der Waals surface area contributed by atoms with Gasteiger partial charge in [0.15, 0.2) is 0 Å². The lowest BCUT2D eigenvalue weighted by Gasteiger charge is -2.00. The molecule has 0 aliphatic rings. The molecule has 7 nitrogen and oxygen atoms in total. The third-order valence-electron chi connectivity index (χ3n) is 3.74. The van der Waals surface area contributed by atoms with Gasteiger partial charge in [-0.3, -0.25) is 25.0 Å². The molecule has 0 fully saturated rings. The van der Waals surface area contributed by atoms with Crippen LogP contribution in [-0.2, 0) is 0 Å². The van der Waals surface area contributed by atoms with Crippen LogP contribution in [0.4, 0.5) is 5.69 Å². The maximum Gasteiger partial charge on any atom is 0.280 e. The first-order valence-corrected chi connectivity index (χ1v) is 6.88. The lowest BCUT2D eigenvalue weighted by molar-refractivity contribution is -0.384. The summed E-state index contributed by atoms with van der Waals surface area (Å²) in [4.78, 5) is 27.1. The van der Waals surface area contributed by atoms with Crippen molar-refractivity contribution in [2.45, 2.75) is 0 Å². The number of non-ortho nitro benzene ring substituents is 1. The number of rotatable bonds is 2. The molecule has 112 valence electrons. The van der Waals surface area contributed by atoms with Crippen LogP contribution in [0.5, 0.6) is 0 Å². The van der Waals surface area contributed by atoms with E-state index in [1.54, 1.807) is 6.07 Å². The van der Waals surface area contributed by atoms with Gasteiger partial charge in [-0.15, -0.1) is 0 Å². The second-order valence-electron chi connectivity index (χ2n) is 5.09. The molecule has 0 atom stereocenters. The van der Waals surface area contributed by atoms with Gasteiger partial charge in [-0.1, -0.05) is 18.2 Å². The molecule has 1 N–H and O–H groups in total. The van der Waals surface area contributed by atoms with Gasteiger partial charge < -0.3 is 0 Å². The molecule has 0 amide bonds. The Bertz CT molecular complexity index is 1110. The van der Waals surface area contributed by atoms with Crippen LogP contribution in [-0.4, -0.2) is 19.7 Å². The number of nitrogens with one attached hydrogen (secondary N) is 1. The normalized spacial score (nSPS) is 11.1. The highest BCUT2D eigenvalue weighted by molar-refractivity contribution is 6.03.